The number of hydrazone groups is 1. The van der Waals surface area contributed by atoms with Crippen molar-refractivity contribution >= 4 is 62.1 Å². The van der Waals surface area contributed by atoms with Gasteiger partial charge in [-0.3, -0.25) is 9.59 Å². The van der Waals surface area contributed by atoms with E-state index >= 15 is 0 Å². The fourth-order valence-corrected chi connectivity index (χ4v) is 8.24. The number of aliphatic carboxylic acids is 1. The number of carboxylic acids is 1. The Hall–Kier alpha value is -3.69. The van der Waals surface area contributed by atoms with Crippen LogP contribution in [0.25, 0.3) is 0 Å². The van der Waals surface area contributed by atoms with E-state index in [9.17, 15) is 9.59 Å². The zero-order valence-electron chi connectivity index (χ0n) is 25.8. The Kier molecular flexibility index (Phi) is 18.3. The molecule has 0 aliphatic carbocycles. The first kappa shape index (κ1) is 37.8. The summed E-state index contributed by atoms with van der Waals surface area (Å²) >= 11 is 3.43. The SMILES string of the molecule is NN=C([Se])Cc1ccccc1.O=COCCCC(=O)O.c1ccc(Cc2nnc(CCCc3nnc(Cc4ccccc4)[se]3)[se]2)cc1. The molecule has 47 heavy (non-hydrogen) atoms. The molecule has 0 aliphatic heterocycles. The van der Waals surface area contributed by atoms with Crippen molar-refractivity contribution in [1.29, 1.82) is 0 Å². The topological polar surface area (TPSA) is 154 Å². The Morgan fingerprint density at radius 1 is 0.745 bits per heavy atom. The van der Waals surface area contributed by atoms with Gasteiger partial charge in [0.1, 0.15) is 0 Å². The van der Waals surface area contributed by atoms with Crippen LogP contribution in [0, 0.1) is 0 Å². The quantitative estimate of drug-likeness (QED) is 0.0404. The fraction of sp³-hybridized carbons (Fsp3) is 0.265. The first-order valence-electron chi connectivity index (χ1n) is 14.9. The number of aryl methyl sites for hydroxylation is 2. The van der Waals surface area contributed by atoms with E-state index in [1.165, 1.54) is 35.0 Å². The molecule has 3 aromatic carbocycles. The van der Waals surface area contributed by atoms with E-state index in [0.717, 1.165) is 43.1 Å². The predicted molar refractivity (Wildman–Crippen MR) is 185 cm³/mol. The van der Waals surface area contributed by atoms with Crippen molar-refractivity contribution in [2.24, 2.45) is 10.9 Å². The van der Waals surface area contributed by atoms with E-state index in [-0.39, 0.29) is 13.0 Å². The Balaban J connectivity index is 0.000000247. The zero-order valence-corrected chi connectivity index (χ0v) is 31.0. The van der Waals surface area contributed by atoms with Gasteiger partial charge in [-0.15, -0.1) is 0 Å². The summed E-state index contributed by atoms with van der Waals surface area (Å²) in [4.78, 5) is 19.3. The molecule has 2 aromatic heterocycles. The third-order valence-electron chi connectivity index (χ3n) is 6.26. The number of hydrogen-bond acceptors (Lipinski definition) is 9. The number of nitrogens with two attached hydrogens (primary N) is 1. The van der Waals surface area contributed by atoms with Crippen molar-refractivity contribution in [2.75, 3.05) is 6.61 Å². The number of hydrogen-bond donors (Lipinski definition) is 2. The molecule has 3 N–H and O–H groups in total. The van der Waals surface area contributed by atoms with Crippen LogP contribution in [0.3, 0.4) is 0 Å². The van der Waals surface area contributed by atoms with Crippen LogP contribution in [-0.4, -0.2) is 94.2 Å². The van der Waals surface area contributed by atoms with Crippen molar-refractivity contribution in [3.8, 4) is 0 Å². The minimum absolute atomic E-state index is 0.0494. The summed E-state index contributed by atoms with van der Waals surface area (Å²) in [5.41, 5.74) is 3.86. The maximum atomic E-state index is 9.82. The van der Waals surface area contributed by atoms with Crippen LogP contribution in [-0.2, 0) is 46.4 Å². The van der Waals surface area contributed by atoms with Crippen molar-refractivity contribution < 1.29 is 19.4 Å². The van der Waals surface area contributed by atoms with E-state index in [0.29, 0.717) is 41.9 Å². The molecule has 0 spiro atoms. The molecule has 13 heteroatoms. The average molecular weight is 831 g/mol. The molecule has 2 heterocycles. The molecule has 1 radical (unpaired) electrons. The van der Waals surface area contributed by atoms with Gasteiger partial charge in [0.05, 0.1) is 6.61 Å². The number of aromatic nitrogens is 4. The number of ether oxygens (including phenoxy) is 1. The molecule has 0 unspecified atom stereocenters. The predicted octanol–water partition coefficient (Wildman–Crippen LogP) is 3.43. The molecular formula is C34H37N6O4Se3. The molecular weight excluding hydrogens is 793 g/mol. The second-order valence-corrected chi connectivity index (χ2v) is 15.8. The minimum atomic E-state index is -0.871. The fourth-order valence-electron chi connectivity index (χ4n) is 4.02. The third-order valence-corrected chi connectivity index (χ3v) is 10.9. The number of carboxylic acid groups (broad SMARTS) is 1. The van der Waals surface area contributed by atoms with Gasteiger partial charge < -0.3 is 9.84 Å². The number of benzene rings is 3. The van der Waals surface area contributed by atoms with Gasteiger partial charge in [-0.25, -0.2) is 0 Å². The van der Waals surface area contributed by atoms with Gasteiger partial charge in [-0.1, -0.05) is 0 Å². The molecule has 0 bridgehead atoms. The Labute approximate surface area is 295 Å². The van der Waals surface area contributed by atoms with E-state index in [1.54, 1.807) is 0 Å². The van der Waals surface area contributed by atoms with Crippen LogP contribution < -0.4 is 5.84 Å². The first-order chi connectivity index (χ1) is 22.9. The van der Waals surface area contributed by atoms with Crippen LogP contribution in [0.2, 0.25) is 0 Å². The number of carbonyl (C=O) groups is 2. The number of rotatable bonds is 15. The van der Waals surface area contributed by atoms with Crippen LogP contribution in [0.5, 0.6) is 0 Å². The van der Waals surface area contributed by atoms with E-state index in [2.05, 4.69) is 107 Å². The molecule has 245 valence electrons. The average Bonchev–Trinajstić information content (AvgIpc) is 3.74. The number of carbonyl (C=O) groups excluding carboxylic acids is 1. The van der Waals surface area contributed by atoms with E-state index in [1.807, 2.05) is 30.3 Å². The monoisotopic (exact) mass is 833 g/mol. The number of nitrogens with zero attached hydrogens (tertiary/aromatic N) is 5. The van der Waals surface area contributed by atoms with Crippen molar-refractivity contribution in [2.45, 2.75) is 51.4 Å². The maximum absolute atomic E-state index is 9.82. The zero-order chi connectivity index (χ0) is 33.5. The van der Waals surface area contributed by atoms with Gasteiger partial charge in [0.25, 0.3) is 6.47 Å². The molecule has 0 atom stereocenters. The van der Waals surface area contributed by atoms with Crippen molar-refractivity contribution in [1.82, 2.24) is 20.4 Å². The third kappa shape index (κ3) is 16.6. The standard InChI is InChI=1S/C21H20N4Se2.C8H9N2Se.C5H8O4/c1-3-8-16(9-4-1)14-20-24-22-18(26-20)12-7-13-19-23-25-21(27-19)15-17-10-5-2-6-11-17;9-10-8(11)6-7-4-2-1-3-5-7;6-4-9-3-1-2-5(7)8/h1-6,8-11H,7,12-15H2;1-5H,6,9H2;4H,1-3H2,(H,7,8). The van der Waals surface area contributed by atoms with Crippen LogP contribution in [0.15, 0.2) is 96.1 Å². The van der Waals surface area contributed by atoms with Gasteiger partial charge in [0.15, 0.2) is 0 Å². The van der Waals surface area contributed by atoms with E-state index < -0.39 is 5.97 Å². The van der Waals surface area contributed by atoms with Crippen LogP contribution in [0.1, 0.15) is 54.2 Å². The molecule has 0 fully saturated rings. The van der Waals surface area contributed by atoms with Gasteiger partial charge in [-0.2, -0.15) is 0 Å². The second kappa shape index (κ2) is 22.8. The summed E-state index contributed by atoms with van der Waals surface area (Å²) in [6, 6.07) is 31.1. The Morgan fingerprint density at radius 2 is 1.19 bits per heavy atom. The first-order valence-corrected chi connectivity index (χ1v) is 19.2. The summed E-state index contributed by atoms with van der Waals surface area (Å²) in [6.45, 7) is 0.498. The van der Waals surface area contributed by atoms with Crippen LogP contribution >= 0.6 is 0 Å². The molecule has 0 saturated heterocycles. The summed E-state index contributed by atoms with van der Waals surface area (Å²) in [5.74, 6) is 4.21. The van der Waals surface area contributed by atoms with E-state index in [4.69, 9.17) is 10.9 Å². The molecule has 10 nitrogen and oxygen atoms in total. The molecule has 5 rings (SSSR count). The Morgan fingerprint density at radius 3 is 1.62 bits per heavy atom. The molecule has 5 aromatic rings. The van der Waals surface area contributed by atoms with Gasteiger partial charge in [-0.05, 0) is 6.42 Å². The van der Waals surface area contributed by atoms with Gasteiger partial charge in [0, 0.05) is 6.42 Å². The summed E-state index contributed by atoms with van der Waals surface area (Å²) in [7, 11) is 0. The van der Waals surface area contributed by atoms with Gasteiger partial charge in [0.2, 0.25) is 0 Å². The Bertz CT molecular complexity index is 1540. The van der Waals surface area contributed by atoms with Crippen molar-refractivity contribution in [3.05, 3.63) is 126 Å². The summed E-state index contributed by atoms with van der Waals surface area (Å²) in [6.07, 6.45) is 6.25. The normalized spacial score (nSPS) is 10.6. The molecule has 0 aliphatic rings. The summed E-state index contributed by atoms with van der Waals surface area (Å²) in [5, 5.41) is 29.3. The van der Waals surface area contributed by atoms with Crippen LogP contribution in [0.4, 0.5) is 0 Å². The summed E-state index contributed by atoms with van der Waals surface area (Å²) < 4.78 is 10.1. The molecule has 0 saturated carbocycles. The van der Waals surface area contributed by atoms with Gasteiger partial charge >= 0.3 is 251 Å². The van der Waals surface area contributed by atoms with Crippen molar-refractivity contribution in [3.63, 3.8) is 0 Å². The molecule has 0 amide bonds. The second-order valence-electron chi connectivity index (χ2n) is 10.0.